The molecular formula is C19H19N3. The van der Waals surface area contributed by atoms with Crippen molar-refractivity contribution in [2.45, 2.75) is 25.7 Å². The molecule has 1 unspecified atom stereocenters. The van der Waals surface area contributed by atoms with Crippen LogP contribution in [0, 0.1) is 5.92 Å². The van der Waals surface area contributed by atoms with Crippen LogP contribution in [0.3, 0.4) is 0 Å². The van der Waals surface area contributed by atoms with Crippen molar-refractivity contribution in [3.8, 4) is 5.69 Å². The highest BCUT2D eigenvalue weighted by Gasteiger charge is 2.28. The number of hydrogen-bond donors (Lipinski definition) is 0. The third kappa shape index (κ3) is 2.33. The summed E-state index contributed by atoms with van der Waals surface area (Å²) in [7, 11) is 0. The molecule has 22 heavy (non-hydrogen) atoms. The van der Waals surface area contributed by atoms with Gasteiger partial charge in [-0.3, -0.25) is 0 Å². The fourth-order valence-corrected chi connectivity index (χ4v) is 3.57. The van der Waals surface area contributed by atoms with Crippen molar-refractivity contribution in [1.29, 1.82) is 0 Å². The molecule has 0 aliphatic heterocycles. The summed E-state index contributed by atoms with van der Waals surface area (Å²) in [5.74, 6) is 1.35. The van der Waals surface area contributed by atoms with Gasteiger partial charge in [0.1, 0.15) is 12.7 Å². The first-order valence-corrected chi connectivity index (χ1v) is 7.83. The number of fused-ring (bicyclic) bond motifs is 1. The summed E-state index contributed by atoms with van der Waals surface area (Å²) in [6, 6.07) is 17.6. The van der Waals surface area contributed by atoms with Gasteiger partial charge in [0.2, 0.25) is 0 Å². The van der Waals surface area contributed by atoms with E-state index < -0.39 is 0 Å². The lowest BCUT2D eigenvalue weighted by molar-refractivity contribution is 0.496. The van der Waals surface area contributed by atoms with E-state index in [1.807, 2.05) is 0 Å². The molecule has 1 heterocycles. The lowest BCUT2D eigenvalue weighted by atomic mass is 9.88. The van der Waals surface area contributed by atoms with Crippen LogP contribution in [-0.2, 0) is 12.8 Å². The van der Waals surface area contributed by atoms with Crippen LogP contribution in [0.1, 0.15) is 29.5 Å². The largest absolute Gasteiger partial charge is 0.223 e. The minimum Gasteiger partial charge on any atom is -0.223 e. The van der Waals surface area contributed by atoms with Crippen LogP contribution in [-0.4, -0.2) is 14.8 Å². The van der Waals surface area contributed by atoms with Gasteiger partial charge in [-0.05, 0) is 53.5 Å². The highest BCUT2D eigenvalue weighted by Crippen LogP contribution is 2.39. The Hall–Kier alpha value is -2.42. The van der Waals surface area contributed by atoms with Crippen LogP contribution in [0.5, 0.6) is 0 Å². The van der Waals surface area contributed by atoms with Gasteiger partial charge in [0.05, 0.1) is 5.69 Å². The Balaban J connectivity index is 1.57. The van der Waals surface area contributed by atoms with Crippen molar-refractivity contribution in [1.82, 2.24) is 14.8 Å². The number of aromatic nitrogens is 3. The average molecular weight is 289 g/mol. The number of hydrogen-bond acceptors (Lipinski definition) is 2. The topological polar surface area (TPSA) is 30.7 Å². The summed E-state index contributed by atoms with van der Waals surface area (Å²) in [5.41, 5.74) is 5.51. The minimum absolute atomic E-state index is 0.633. The first kappa shape index (κ1) is 13.3. The average Bonchev–Trinajstić information content (AvgIpc) is 3.17. The predicted octanol–water partition coefficient (Wildman–Crippen LogP) is 3.79. The van der Waals surface area contributed by atoms with Gasteiger partial charge in [0.25, 0.3) is 0 Å². The molecule has 0 saturated heterocycles. The molecule has 0 radical (unpaired) electrons. The molecule has 4 rings (SSSR count). The van der Waals surface area contributed by atoms with Gasteiger partial charge in [0.15, 0.2) is 0 Å². The van der Waals surface area contributed by atoms with Gasteiger partial charge in [-0.1, -0.05) is 43.3 Å². The molecule has 1 aliphatic carbocycles. The van der Waals surface area contributed by atoms with E-state index in [9.17, 15) is 0 Å². The Morgan fingerprint density at radius 3 is 2.68 bits per heavy atom. The summed E-state index contributed by atoms with van der Waals surface area (Å²) < 4.78 is 1.79. The highest BCUT2D eigenvalue weighted by molar-refractivity contribution is 5.39. The maximum atomic E-state index is 4.17. The molecule has 2 atom stereocenters. The molecule has 3 aromatic rings. The second kappa shape index (κ2) is 5.41. The number of nitrogens with zero attached hydrogens (tertiary/aromatic N) is 3. The maximum Gasteiger partial charge on any atom is 0.138 e. The van der Waals surface area contributed by atoms with Crippen LogP contribution in [0.15, 0.2) is 61.2 Å². The highest BCUT2D eigenvalue weighted by atomic mass is 15.3. The summed E-state index contributed by atoms with van der Waals surface area (Å²) >= 11 is 0. The molecule has 0 spiro atoms. The predicted molar refractivity (Wildman–Crippen MR) is 87.1 cm³/mol. The molecule has 1 aliphatic rings. The fourth-order valence-electron chi connectivity index (χ4n) is 3.57. The molecule has 3 heteroatoms. The van der Waals surface area contributed by atoms with Crippen molar-refractivity contribution in [3.63, 3.8) is 0 Å². The Morgan fingerprint density at radius 1 is 1.09 bits per heavy atom. The summed E-state index contributed by atoms with van der Waals surface area (Å²) in [5, 5.41) is 4.17. The van der Waals surface area contributed by atoms with E-state index in [1.54, 1.807) is 17.3 Å². The molecule has 0 bridgehead atoms. The number of benzene rings is 2. The van der Waals surface area contributed by atoms with E-state index in [1.165, 1.54) is 23.1 Å². The minimum atomic E-state index is 0.633. The zero-order valence-corrected chi connectivity index (χ0v) is 12.7. The Bertz CT molecular complexity index is 760. The van der Waals surface area contributed by atoms with Crippen molar-refractivity contribution in [2.75, 3.05) is 0 Å². The normalized spacial score (nSPS) is 20.0. The van der Waals surface area contributed by atoms with E-state index in [0.717, 1.165) is 12.1 Å². The van der Waals surface area contributed by atoms with Crippen molar-refractivity contribution in [2.24, 2.45) is 5.92 Å². The number of rotatable bonds is 3. The molecule has 0 saturated carbocycles. The summed E-state index contributed by atoms with van der Waals surface area (Å²) in [6.07, 6.45) is 5.60. The van der Waals surface area contributed by atoms with Crippen LogP contribution in [0.25, 0.3) is 5.69 Å². The molecule has 2 aromatic carbocycles. The van der Waals surface area contributed by atoms with Crippen molar-refractivity contribution >= 4 is 0 Å². The molecule has 0 N–H and O–H groups in total. The zero-order valence-electron chi connectivity index (χ0n) is 12.7. The third-order valence-corrected chi connectivity index (χ3v) is 4.76. The van der Waals surface area contributed by atoms with E-state index in [0.29, 0.717) is 11.8 Å². The van der Waals surface area contributed by atoms with E-state index in [-0.39, 0.29) is 0 Å². The molecule has 0 fully saturated rings. The van der Waals surface area contributed by atoms with Gasteiger partial charge in [-0.25, -0.2) is 9.67 Å². The Kier molecular flexibility index (Phi) is 3.26. The lowest BCUT2D eigenvalue weighted by Crippen LogP contribution is -2.07. The molecule has 3 nitrogen and oxygen atoms in total. The lowest BCUT2D eigenvalue weighted by Gasteiger charge is -2.17. The third-order valence-electron chi connectivity index (χ3n) is 4.76. The van der Waals surface area contributed by atoms with Gasteiger partial charge < -0.3 is 0 Å². The maximum absolute atomic E-state index is 4.17. The van der Waals surface area contributed by atoms with Crippen LogP contribution in [0.2, 0.25) is 0 Å². The second-order valence-electron chi connectivity index (χ2n) is 6.20. The van der Waals surface area contributed by atoms with Crippen LogP contribution >= 0.6 is 0 Å². The second-order valence-corrected chi connectivity index (χ2v) is 6.20. The molecule has 110 valence electrons. The first-order valence-electron chi connectivity index (χ1n) is 7.83. The van der Waals surface area contributed by atoms with Gasteiger partial charge in [0, 0.05) is 0 Å². The molecule has 0 amide bonds. The summed E-state index contributed by atoms with van der Waals surface area (Å²) in [4.78, 5) is 3.99. The van der Waals surface area contributed by atoms with Gasteiger partial charge >= 0.3 is 0 Å². The first-order chi connectivity index (χ1) is 10.8. The molecule has 1 aromatic heterocycles. The van der Waals surface area contributed by atoms with E-state index in [2.05, 4.69) is 65.5 Å². The summed E-state index contributed by atoms with van der Waals surface area (Å²) in [6.45, 7) is 2.37. The monoisotopic (exact) mass is 289 g/mol. The fraction of sp³-hybridized carbons (Fsp3) is 0.263. The quantitative estimate of drug-likeness (QED) is 0.734. The molecular weight excluding hydrogens is 270 g/mol. The Morgan fingerprint density at radius 2 is 1.91 bits per heavy atom. The SMILES string of the molecule is C[C@@H]1Cc2ccccc2C1Cc1ccc(-n2cncn2)cc1. The van der Waals surface area contributed by atoms with Crippen LogP contribution in [0.4, 0.5) is 0 Å². The van der Waals surface area contributed by atoms with E-state index >= 15 is 0 Å². The Labute approximate surface area is 130 Å². The van der Waals surface area contributed by atoms with Crippen LogP contribution < -0.4 is 0 Å². The smallest absolute Gasteiger partial charge is 0.138 e. The van der Waals surface area contributed by atoms with Crippen molar-refractivity contribution < 1.29 is 0 Å². The zero-order chi connectivity index (χ0) is 14.9. The van der Waals surface area contributed by atoms with Gasteiger partial charge in [-0.15, -0.1) is 0 Å². The van der Waals surface area contributed by atoms with Crippen molar-refractivity contribution in [3.05, 3.63) is 77.9 Å². The van der Waals surface area contributed by atoms with Gasteiger partial charge in [-0.2, -0.15) is 5.10 Å². The standard InChI is InChI=1S/C19H19N3/c1-14-10-16-4-2-3-5-18(16)19(14)11-15-6-8-17(9-7-15)22-13-20-12-21-22/h2-9,12-14,19H,10-11H2,1H3/t14-,19?/m1/s1. The van der Waals surface area contributed by atoms with E-state index in [4.69, 9.17) is 0 Å².